The Kier molecular flexibility index (Phi) is 6.09. The zero-order chi connectivity index (χ0) is 18.5. The molecule has 0 spiro atoms. The molecule has 1 saturated carbocycles. The molecule has 2 aliphatic rings. The normalized spacial score (nSPS) is 19.3. The largest absolute Gasteiger partial charge is 0.378 e. The number of nitrogens with one attached hydrogen (secondary N) is 1. The lowest BCUT2D eigenvalue weighted by molar-refractivity contribution is -0.134. The van der Waals surface area contributed by atoms with Gasteiger partial charge in [0.2, 0.25) is 11.1 Å². The summed E-state index contributed by atoms with van der Waals surface area (Å²) >= 11 is 1.44. The molecule has 0 bridgehead atoms. The first-order valence-corrected chi connectivity index (χ1v) is 10.7. The highest BCUT2D eigenvalue weighted by Crippen LogP contribution is 2.35. The highest BCUT2D eigenvalue weighted by atomic mass is 32.2. The van der Waals surface area contributed by atoms with Gasteiger partial charge in [-0.15, -0.1) is 5.10 Å². The quantitative estimate of drug-likeness (QED) is 0.772. The van der Waals surface area contributed by atoms with Crippen LogP contribution in [0.5, 0.6) is 0 Å². The Morgan fingerprint density at radius 2 is 1.96 bits per heavy atom. The van der Waals surface area contributed by atoms with Crippen molar-refractivity contribution in [3.63, 3.8) is 0 Å². The van der Waals surface area contributed by atoms with E-state index in [4.69, 9.17) is 4.74 Å². The first kappa shape index (κ1) is 18.5. The zero-order valence-electron chi connectivity index (χ0n) is 15.5. The lowest BCUT2D eigenvalue weighted by atomic mass is 10.0. The van der Waals surface area contributed by atoms with E-state index in [1.807, 2.05) is 35.2 Å². The van der Waals surface area contributed by atoms with Crippen molar-refractivity contribution in [3.8, 4) is 0 Å². The number of carbonyl (C=O) groups is 1. The van der Waals surface area contributed by atoms with Crippen LogP contribution in [-0.2, 0) is 16.0 Å². The van der Waals surface area contributed by atoms with Gasteiger partial charge in [-0.2, -0.15) is 0 Å². The highest BCUT2D eigenvalue weighted by Gasteiger charge is 2.29. The average molecular weight is 387 g/mol. The minimum atomic E-state index is -0.334. The molecule has 1 unspecified atom stereocenters. The minimum absolute atomic E-state index is 0.108. The number of aromatic amines is 1. The average Bonchev–Trinajstić information content (AvgIpc) is 3.39. The molecule has 1 aliphatic heterocycles. The van der Waals surface area contributed by atoms with Crippen molar-refractivity contribution in [2.24, 2.45) is 5.92 Å². The van der Waals surface area contributed by atoms with Crippen molar-refractivity contribution < 1.29 is 9.53 Å². The summed E-state index contributed by atoms with van der Waals surface area (Å²) in [5.41, 5.74) is 0.987. The highest BCUT2D eigenvalue weighted by molar-refractivity contribution is 8.00. The van der Waals surface area contributed by atoms with Gasteiger partial charge in [-0.3, -0.25) is 9.89 Å². The molecule has 1 aromatic heterocycles. The standard InChI is InChI=1S/C20H26N4O2S/c25-19(24-10-12-26-13-11-24)18(16-8-2-1-3-9-16)27-20-21-17(22-23-20)14-15-6-4-5-7-15/h1-3,8-9,15,18H,4-7,10-14H2,(H,21,22,23). The number of amides is 1. The van der Waals surface area contributed by atoms with Crippen molar-refractivity contribution in [3.05, 3.63) is 41.7 Å². The number of ether oxygens (including phenoxy) is 1. The van der Waals surface area contributed by atoms with Crippen LogP contribution in [0.3, 0.4) is 0 Å². The predicted molar refractivity (Wildman–Crippen MR) is 104 cm³/mol. The maximum Gasteiger partial charge on any atom is 0.240 e. The molecule has 27 heavy (non-hydrogen) atoms. The number of carbonyl (C=O) groups excluding carboxylic acids is 1. The van der Waals surface area contributed by atoms with Gasteiger partial charge in [0.15, 0.2) is 0 Å². The number of benzene rings is 1. The zero-order valence-corrected chi connectivity index (χ0v) is 16.3. The molecule has 7 heteroatoms. The molecule has 1 aliphatic carbocycles. The monoisotopic (exact) mass is 386 g/mol. The fraction of sp³-hybridized carbons (Fsp3) is 0.550. The van der Waals surface area contributed by atoms with E-state index < -0.39 is 0 Å². The van der Waals surface area contributed by atoms with Gasteiger partial charge < -0.3 is 9.64 Å². The number of morpholine rings is 1. The molecule has 1 aromatic carbocycles. The maximum absolute atomic E-state index is 13.2. The number of rotatable bonds is 6. The number of aromatic nitrogens is 3. The summed E-state index contributed by atoms with van der Waals surface area (Å²) in [6.07, 6.45) is 6.17. The summed E-state index contributed by atoms with van der Waals surface area (Å²) in [6, 6.07) is 9.92. The second kappa shape index (κ2) is 8.89. The Bertz CT molecular complexity index is 739. The fourth-order valence-corrected chi connectivity index (χ4v) is 4.87. The van der Waals surface area contributed by atoms with E-state index in [9.17, 15) is 4.79 Å². The van der Waals surface area contributed by atoms with Gasteiger partial charge in [0.05, 0.1) is 13.2 Å². The second-order valence-electron chi connectivity index (χ2n) is 7.27. The van der Waals surface area contributed by atoms with Gasteiger partial charge in [-0.25, -0.2) is 4.98 Å². The Balaban J connectivity index is 1.49. The van der Waals surface area contributed by atoms with E-state index in [-0.39, 0.29) is 11.2 Å². The summed E-state index contributed by atoms with van der Waals surface area (Å²) < 4.78 is 5.39. The molecule has 0 radical (unpaired) electrons. The lowest BCUT2D eigenvalue weighted by Gasteiger charge is -2.30. The van der Waals surface area contributed by atoms with Crippen LogP contribution in [0.25, 0.3) is 0 Å². The molecule has 144 valence electrons. The van der Waals surface area contributed by atoms with Gasteiger partial charge in [0.1, 0.15) is 11.1 Å². The van der Waals surface area contributed by atoms with E-state index >= 15 is 0 Å². The Labute approximate surface area is 164 Å². The van der Waals surface area contributed by atoms with Gasteiger partial charge in [-0.05, 0) is 11.5 Å². The summed E-state index contributed by atoms with van der Waals surface area (Å²) in [7, 11) is 0. The molecule has 6 nitrogen and oxygen atoms in total. The third-order valence-corrected chi connectivity index (χ3v) is 6.44. The number of hydrogen-bond donors (Lipinski definition) is 1. The third kappa shape index (κ3) is 4.71. The summed E-state index contributed by atoms with van der Waals surface area (Å²) in [6.45, 7) is 2.49. The van der Waals surface area contributed by atoms with Gasteiger partial charge in [0, 0.05) is 19.5 Å². The Morgan fingerprint density at radius 1 is 1.22 bits per heavy atom. The second-order valence-corrected chi connectivity index (χ2v) is 8.34. The van der Waals surface area contributed by atoms with Crippen LogP contribution >= 0.6 is 11.8 Å². The van der Waals surface area contributed by atoms with Crippen LogP contribution in [0.1, 0.15) is 42.3 Å². The molecule has 2 fully saturated rings. The van der Waals surface area contributed by atoms with E-state index in [2.05, 4.69) is 15.2 Å². The first-order valence-electron chi connectivity index (χ1n) is 9.79. The fourth-order valence-electron chi connectivity index (χ4n) is 3.85. The van der Waals surface area contributed by atoms with Gasteiger partial charge in [0.25, 0.3) is 0 Å². The SMILES string of the molecule is O=C(C(Sc1n[nH]c(CC2CCCC2)n1)c1ccccc1)N1CCOCC1. The van der Waals surface area contributed by atoms with Crippen molar-refractivity contribution >= 4 is 17.7 Å². The lowest BCUT2D eigenvalue weighted by Crippen LogP contribution is -2.42. The molecule has 2 heterocycles. The summed E-state index contributed by atoms with van der Waals surface area (Å²) in [5.74, 6) is 1.77. The smallest absolute Gasteiger partial charge is 0.240 e. The first-order chi connectivity index (χ1) is 13.3. The van der Waals surface area contributed by atoms with Crippen molar-refractivity contribution in [2.45, 2.75) is 42.5 Å². The van der Waals surface area contributed by atoms with E-state index in [1.165, 1.54) is 37.4 Å². The van der Waals surface area contributed by atoms with Crippen LogP contribution in [0.2, 0.25) is 0 Å². The van der Waals surface area contributed by atoms with Crippen molar-refractivity contribution in [1.29, 1.82) is 0 Å². The molecular formula is C20H26N4O2S. The van der Waals surface area contributed by atoms with Crippen molar-refractivity contribution in [1.82, 2.24) is 20.1 Å². The Hall–Kier alpha value is -1.86. The van der Waals surface area contributed by atoms with E-state index in [0.717, 1.165) is 23.7 Å². The predicted octanol–water partition coefficient (Wildman–Crippen LogP) is 3.23. The molecule has 1 amide bonds. The topological polar surface area (TPSA) is 71.1 Å². The number of nitrogens with zero attached hydrogens (tertiary/aromatic N) is 3. The molecule has 4 rings (SSSR count). The molecule has 1 atom stereocenters. The number of thioether (sulfide) groups is 1. The summed E-state index contributed by atoms with van der Waals surface area (Å²) in [5, 5.41) is 7.78. The number of hydrogen-bond acceptors (Lipinski definition) is 5. The van der Waals surface area contributed by atoms with Crippen LogP contribution in [0.15, 0.2) is 35.5 Å². The van der Waals surface area contributed by atoms with E-state index in [1.54, 1.807) is 0 Å². The number of H-pyrrole nitrogens is 1. The molecule has 2 aromatic rings. The van der Waals surface area contributed by atoms with Crippen LogP contribution in [0.4, 0.5) is 0 Å². The minimum Gasteiger partial charge on any atom is -0.378 e. The van der Waals surface area contributed by atoms with Gasteiger partial charge in [-0.1, -0.05) is 67.8 Å². The van der Waals surface area contributed by atoms with Crippen molar-refractivity contribution in [2.75, 3.05) is 26.3 Å². The van der Waals surface area contributed by atoms with Crippen LogP contribution < -0.4 is 0 Å². The maximum atomic E-state index is 13.2. The molecular weight excluding hydrogens is 360 g/mol. The molecule has 1 N–H and O–H groups in total. The Morgan fingerprint density at radius 3 is 2.70 bits per heavy atom. The summed E-state index contributed by atoms with van der Waals surface area (Å²) in [4.78, 5) is 19.7. The van der Waals surface area contributed by atoms with Crippen LogP contribution in [0, 0.1) is 5.92 Å². The third-order valence-electron chi connectivity index (χ3n) is 5.34. The van der Waals surface area contributed by atoms with Gasteiger partial charge >= 0.3 is 0 Å². The van der Waals surface area contributed by atoms with Crippen LogP contribution in [-0.4, -0.2) is 52.3 Å². The molecule has 1 saturated heterocycles. The van der Waals surface area contributed by atoms with E-state index in [0.29, 0.717) is 31.5 Å².